The van der Waals surface area contributed by atoms with Gasteiger partial charge in [0.25, 0.3) is 0 Å². The second kappa shape index (κ2) is 7.29. The second-order valence-electron chi connectivity index (χ2n) is 5.19. The van der Waals surface area contributed by atoms with Crippen LogP contribution in [0.15, 0.2) is 24.3 Å². The molecule has 1 aliphatic rings. The average Bonchev–Trinajstić information content (AvgIpc) is 2.53. The first-order chi connectivity index (χ1) is 9.74. The van der Waals surface area contributed by atoms with Crippen LogP contribution < -0.4 is 4.74 Å². The summed E-state index contributed by atoms with van der Waals surface area (Å²) < 4.78 is 5.05. The summed E-state index contributed by atoms with van der Waals surface area (Å²) >= 11 is 0. The number of hydrogen-bond acceptors (Lipinski definition) is 4. The predicted octanol–water partition coefficient (Wildman–Crippen LogP) is 3.75. The Labute approximate surface area is 120 Å². The number of methoxy groups -OCH3 is 1. The lowest BCUT2D eigenvalue weighted by Gasteiger charge is -2.28. The average molecular weight is 278 g/mol. The molecule has 20 heavy (non-hydrogen) atoms. The molecule has 2 atom stereocenters. The minimum Gasteiger partial charge on any atom is -0.497 e. The van der Waals surface area contributed by atoms with Gasteiger partial charge in [0, 0.05) is 0 Å². The Bertz CT molecular complexity index is 427. The van der Waals surface area contributed by atoms with Gasteiger partial charge in [0.2, 0.25) is 0 Å². The van der Waals surface area contributed by atoms with Gasteiger partial charge in [-0.05, 0) is 43.0 Å². The molecule has 1 saturated carbocycles. The van der Waals surface area contributed by atoms with Gasteiger partial charge in [-0.25, -0.2) is 4.79 Å². The van der Waals surface area contributed by atoms with Gasteiger partial charge in [-0.3, -0.25) is 4.89 Å². The number of hydrogen-bond donors (Lipinski definition) is 0. The van der Waals surface area contributed by atoms with Crippen molar-refractivity contribution in [1.82, 2.24) is 0 Å². The van der Waals surface area contributed by atoms with Gasteiger partial charge in [-0.15, -0.1) is 0 Å². The molecule has 0 heterocycles. The largest absolute Gasteiger partial charge is 0.497 e. The number of ether oxygens (including phenoxy) is 1. The number of carbonyl (C=O) groups is 1. The van der Waals surface area contributed by atoms with Crippen molar-refractivity contribution >= 4 is 5.97 Å². The molecule has 0 bridgehead atoms. The first-order valence-electron chi connectivity index (χ1n) is 7.26. The fourth-order valence-electron chi connectivity index (χ4n) is 2.65. The van der Waals surface area contributed by atoms with Crippen molar-refractivity contribution in [3.63, 3.8) is 0 Å². The Balaban J connectivity index is 1.87. The SMILES string of the molecule is CCC1CCCCC1OOC(=O)c1ccc(OC)cc1. The molecule has 1 aromatic rings. The molecule has 2 rings (SSSR count). The molecule has 0 radical (unpaired) electrons. The molecule has 0 aromatic heterocycles. The van der Waals surface area contributed by atoms with Crippen LogP contribution in [0, 0.1) is 5.92 Å². The summed E-state index contributed by atoms with van der Waals surface area (Å²) in [6, 6.07) is 6.80. The van der Waals surface area contributed by atoms with Gasteiger partial charge in [0.15, 0.2) is 0 Å². The maximum Gasteiger partial charge on any atom is 0.373 e. The molecule has 0 aliphatic heterocycles. The Morgan fingerprint density at radius 3 is 2.55 bits per heavy atom. The van der Waals surface area contributed by atoms with Crippen LogP contribution in [0.1, 0.15) is 49.4 Å². The van der Waals surface area contributed by atoms with E-state index in [0.717, 1.165) is 25.7 Å². The molecule has 0 N–H and O–H groups in total. The van der Waals surface area contributed by atoms with Crippen molar-refractivity contribution in [2.24, 2.45) is 5.92 Å². The third-order valence-corrected chi connectivity index (χ3v) is 3.94. The molecular weight excluding hydrogens is 256 g/mol. The van der Waals surface area contributed by atoms with Gasteiger partial charge in [0.1, 0.15) is 11.9 Å². The zero-order chi connectivity index (χ0) is 14.4. The van der Waals surface area contributed by atoms with E-state index in [1.165, 1.54) is 6.42 Å². The van der Waals surface area contributed by atoms with Crippen LogP contribution in [0.2, 0.25) is 0 Å². The molecule has 4 heteroatoms. The van der Waals surface area contributed by atoms with E-state index < -0.39 is 5.97 Å². The molecule has 1 fully saturated rings. The van der Waals surface area contributed by atoms with E-state index in [9.17, 15) is 4.79 Å². The van der Waals surface area contributed by atoms with Gasteiger partial charge in [-0.2, -0.15) is 4.89 Å². The van der Waals surface area contributed by atoms with Crippen molar-refractivity contribution in [3.8, 4) is 5.75 Å². The van der Waals surface area contributed by atoms with E-state index >= 15 is 0 Å². The fourth-order valence-corrected chi connectivity index (χ4v) is 2.65. The summed E-state index contributed by atoms with van der Waals surface area (Å²) in [5.41, 5.74) is 0.467. The highest BCUT2D eigenvalue weighted by atomic mass is 17.2. The summed E-state index contributed by atoms with van der Waals surface area (Å²) in [5, 5.41) is 0. The Kier molecular flexibility index (Phi) is 5.41. The maximum absolute atomic E-state index is 11.9. The summed E-state index contributed by atoms with van der Waals surface area (Å²) in [6.07, 6.45) is 5.60. The number of rotatable bonds is 5. The Hall–Kier alpha value is -1.55. The van der Waals surface area contributed by atoms with Crippen molar-refractivity contribution in [3.05, 3.63) is 29.8 Å². The van der Waals surface area contributed by atoms with E-state index in [-0.39, 0.29) is 6.10 Å². The molecule has 110 valence electrons. The van der Waals surface area contributed by atoms with Gasteiger partial charge in [-0.1, -0.05) is 26.2 Å². The summed E-state index contributed by atoms with van der Waals surface area (Å²) in [7, 11) is 1.59. The van der Waals surface area contributed by atoms with Crippen LogP contribution in [-0.4, -0.2) is 19.2 Å². The molecule has 0 spiro atoms. The lowest BCUT2D eigenvalue weighted by molar-refractivity contribution is -0.290. The number of carbonyl (C=O) groups excluding carboxylic acids is 1. The van der Waals surface area contributed by atoms with Gasteiger partial charge >= 0.3 is 5.97 Å². The third kappa shape index (κ3) is 3.73. The smallest absolute Gasteiger partial charge is 0.373 e. The van der Waals surface area contributed by atoms with E-state index in [1.54, 1.807) is 31.4 Å². The van der Waals surface area contributed by atoms with Gasteiger partial charge in [0.05, 0.1) is 12.7 Å². The van der Waals surface area contributed by atoms with E-state index in [0.29, 0.717) is 17.2 Å². The van der Waals surface area contributed by atoms with Crippen LogP contribution in [0.25, 0.3) is 0 Å². The fraction of sp³-hybridized carbons (Fsp3) is 0.562. The third-order valence-electron chi connectivity index (χ3n) is 3.94. The molecule has 1 aliphatic carbocycles. The first kappa shape index (κ1) is 14.9. The normalized spacial score (nSPS) is 22.3. The van der Waals surface area contributed by atoms with Crippen molar-refractivity contribution in [2.75, 3.05) is 7.11 Å². The van der Waals surface area contributed by atoms with Crippen LogP contribution in [0.3, 0.4) is 0 Å². The number of benzene rings is 1. The Morgan fingerprint density at radius 1 is 1.20 bits per heavy atom. The maximum atomic E-state index is 11.9. The second-order valence-corrected chi connectivity index (χ2v) is 5.19. The molecular formula is C16H22O4. The van der Waals surface area contributed by atoms with Crippen LogP contribution in [-0.2, 0) is 9.78 Å². The minimum absolute atomic E-state index is 0.0379. The van der Waals surface area contributed by atoms with Crippen LogP contribution >= 0.6 is 0 Å². The predicted molar refractivity (Wildman–Crippen MR) is 75.5 cm³/mol. The van der Waals surface area contributed by atoms with Crippen LogP contribution in [0.4, 0.5) is 0 Å². The van der Waals surface area contributed by atoms with Gasteiger partial charge < -0.3 is 4.74 Å². The minimum atomic E-state index is -0.451. The molecule has 4 nitrogen and oxygen atoms in total. The summed E-state index contributed by atoms with van der Waals surface area (Å²) in [5.74, 6) is 0.751. The zero-order valence-electron chi connectivity index (χ0n) is 12.1. The van der Waals surface area contributed by atoms with E-state index in [2.05, 4.69) is 6.92 Å². The first-order valence-corrected chi connectivity index (χ1v) is 7.26. The zero-order valence-corrected chi connectivity index (χ0v) is 12.1. The summed E-state index contributed by atoms with van der Waals surface area (Å²) in [6.45, 7) is 2.15. The van der Waals surface area contributed by atoms with Crippen molar-refractivity contribution in [2.45, 2.75) is 45.1 Å². The molecule has 0 saturated heterocycles. The molecule has 1 aromatic carbocycles. The Morgan fingerprint density at radius 2 is 1.90 bits per heavy atom. The topological polar surface area (TPSA) is 44.8 Å². The van der Waals surface area contributed by atoms with Crippen LogP contribution in [0.5, 0.6) is 5.75 Å². The summed E-state index contributed by atoms with van der Waals surface area (Å²) in [4.78, 5) is 22.3. The lowest BCUT2D eigenvalue weighted by atomic mass is 9.85. The monoisotopic (exact) mass is 278 g/mol. The molecule has 0 amide bonds. The highest BCUT2D eigenvalue weighted by Gasteiger charge is 2.26. The quantitative estimate of drug-likeness (QED) is 0.608. The van der Waals surface area contributed by atoms with E-state index in [4.69, 9.17) is 14.5 Å². The highest BCUT2D eigenvalue weighted by molar-refractivity contribution is 5.89. The standard InChI is InChI=1S/C16H22O4/c1-3-12-6-4-5-7-15(12)19-20-16(17)13-8-10-14(18-2)11-9-13/h8-12,15H,3-7H2,1-2H3. The molecule has 2 unspecified atom stereocenters. The van der Waals surface area contributed by atoms with Crippen molar-refractivity contribution in [1.29, 1.82) is 0 Å². The highest BCUT2D eigenvalue weighted by Crippen LogP contribution is 2.29. The van der Waals surface area contributed by atoms with E-state index in [1.807, 2.05) is 0 Å². The van der Waals surface area contributed by atoms with Crippen molar-refractivity contribution < 1.29 is 19.3 Å². The lowest BCUT2D eigenvalue weighted by Crippen LogP contribution is -2.28.